The van der Waals surface area contributed by atoms with Gasteiger partial charge in [-0.15, -0.1) is 11.3 Å². The summed E-state index contributed by atoms with van der Waals surface area (Å²) < 4.78 is 0. The number of nitrogens with zero attached hydrogens (tertiary/aromatic N) is 2. The SMILES string of the molecule is CN=C(NCCc1ccc(Cl)cc1)NCCc1csc(C(C)C)n1. The first-order chi connectivity index (χ1) is 11.6. The van der Waals surface area contributed by atoms with E-state index in [0.717, 1.165) is 42.6 Å². The Morgan fingerprint density at radius 1 is 1.17 bits per heavy atom. The third kappa shape index (κ3) is 6.13. The zero-order valence-corrected chi connectivity index (χ0v) is 16.0. The van der Waals surface area contributed by atoms with Crippen molar-refractivity contribution in [2.24, 2.45) is 4.99 Å². The van der Waals surface area contributed by atoms with Crippen LogP contribution in [0.1, 0.15) is 36.0 Å². The standard InChI is InChI=1S/C18H25ClN4S/c1-13(2)17-23-16(12-24-17)9-11-22-18(20-3)21-10-8-14-4-6-15(19)7-5-14/h4-7,12-13H,8-11H2,1-3H3,(H2,20,21,22). The molecule has 1 aromatic heterocycles. The largest absolute Gasteiger partial charge is 0.356 e. The van der Waals surface area contributed by atoms with E-state index < -0.39 is 0 Å². The van der Waals surface area contributed by atoms with Gasteiger partial charge in [0, 0.05) is 42.9 Å². The Hall–Kier alpha value is -1.59. The van der Waals surface area contributed by atoms with Crippen LogP contribution in [0.2, 0.25) is 5.02 Å². The normalized spacial score (nSPS) is 11.8. The molecule has 0 fully saturated rings. The van der Waals surface area contributed by atoms with Gasteiger partial charge < -0.3 is 10.6 Å². The van der Waals surface area contributed by atoms with Crippen LogP contribution < -0.4 is 10.6 Å². The van der Waals surface area contributed by atoms with Crippen LogP contribution in [0.3, 0.4) is 0 Å². The van der Waals surface area contributed by atoms with Crippen LogP contribution in [0.5, 0.6) is 0 Å². The summed E-state index contributed by atoms with van der Waals surface area (Å²) >= 11 is 7.64. The fraction of sp³-hybridized carbons (Fsp3) is 0.444. The molecular formula is C18H25ClN4S. The number of guanidine groups is 1. The first-order valence-electron chi connectivity index (χ1n) is 8.21. The molecule has 4 nitrogen and oxygen atoms in total. The van der Waals surface area contributed by atoms with Crippen LogP contribution in [-0.4, -0.2) is 31.1 Å². The highest BCUT2D eigenvalue weighted by Gasteiger charge is 2.06. The Balaban J connectivity index is 1.69. The van der Waals surface area contributed by atoms with E-state index in [2.05, 4.69) is 52.0 Å². The van der Waals surface area contributed by atoms with Gasteiger partial charge in [0.2, 0.25) is 0 Å². The van der Waals surface area contributed by atoms with Gasteiger partial charge in [0.1, 0.15) is 0 Å². The van der Waals surface area contributed by atoms with Gasteiger partial charge in [0.05, 0.1) is 10.7 Å². The zero-order chi connectivity index (χ0) is 17.4. The highest BCUT2D eigenvalue weighted by Crippen LogP contribution is 2.19. The summed E-state index contributed by atoms with van der Waals surface area (Å²) in [6, 6.07) is 7.94. The molecule has 0 bridgehead atoms. The van der Waals surface area contributed by atoms with E-state index >= 15 is 0 Å². The molecule has 0 saturated carbocycles. The number of aromatic nitrogens is 1. The molecule has 2 aromatic rings. The maximum atomic E-state index is 5.90. The topological polar surface area (TPSA) is 49.3 Å². The van der Waals surface area contributed by atoms with Crippen LogP contribution in [0, 0.1) is 0 Å². The van der Waals surface area contributed by atoms with Gasteiger partial charge in [0.25, 0.3) is 0 Å². The molecule has 0 aliphatic carbocycles. The van der Waals surface area contributed by atoms with Crippen LogP contribution in [0.15, 0.2) is 34.6 Å². The van der Waals surface area contributed by atoms with Crippen molar-refractivity contribution < 1.29 is 0 Å². The van der Waals surface area contributed by atoms with E-state index in [9.17, 15) is 0 Å². The summed E-state index contributed by atoms with van der Waals surface area (Å²) in [7, 11) is 1.79. The lowest BCUT2D eigenvalue weighted by Crippen LogP contribution is -2.39. The maximum Gasteiger partial charge on any atom is 0.190 e. The molecule has 0 amide bonds. The summed E-state index contributed by atoms with van der Waals surface area (Å²) in [6.07, 6.45) is 1.84. The molecule has 6 heteroatoms. The van der Waals surface area contributed by atoms with Crippen LogP contribution in [0.25, 0.3) is 0 Å². The molecule has 0 aliphatic rings. The fourth-order valence-corrected chi connectivity index (χ4v) is 3.20. The predicted octanol–water partition coefficient (Wildman–Crippen LogP) is 3.87. The van der Waals surface area contributed by atoms with Crippen molar-refractivity contribution in [1.29, 1.82) is 0 Å². The first-order valence-corrected chi connectivity index (χ1v) is 9.47. The number of thiazole rings is 1. The van der Waals surface area contributed by atoms with Crippen molar-refractivity contribution in [3.63, 3.8) is 0 Å². The Morgan fingerprint density at radius 2 is 1.83 bits per heavy atom. The van der Waals surface area contributed by atoms with Gasteiger partial charge in [-0.2, -0.15) is 0 Å². The lowest BCUT2D eigenvalue weighted by Gasteiger charge is -2.11. The minimum absolute atomic E-state index is 0.499. The third-order valence-electron chi connectivity index (χ3n) is 3.58. The van der Waals surface area contributed by atoms with E-state index in [1.807, 2.05) is 12.1 Å². The molecule has 24 heavy (non-hydrogen) atoms. The summed E-state index contributed by atoms with van der Waals surface area (Å²) in [5.74, 6) is 1.32. The highest BCUT2D eigenvalue weighted by molar-refractivity contribution is 7.09. The third-order valence-corrected chi connectivity index (χ3v) is 5.03. The number of halogens is 1. The van der Waals surface area contributed by atoms with E-state index in [0.29, 0.717) is 5.92 Å². The average Bonchev–Trinajstić information content (AvgIpc) is 3.04. The zero-order valence-electron chi connectivity index (χ0n) is 14.5. The Morgan fingerprint density at radius 3 is 2.42 bits per heavy atom. The van der Waals surface area contributed by atoms with Crippen molar-refractivity contribution in [3.05, 3.63) is 50.9 Å². The minimum Gasteiger partial charge on any atom is -0.356 e. The van der Waals surface area contributed by atoms with E-state index in [1.165, 1.54) is 10.6 Å². The molecule has 0 saturated heterocycles. The number of hydrogen-bond acceptors (Lipinski definition) is 3. The molecule has 130 valence electrons. The van der Waals surface area contributed by atoms with Crippen molar-refractivity contribution >= 4 is 28.9 Å². The van der Waals surface area contributed by atoms with Crippen molar-refractivity contribution in [1.82, 2.24) is 15.6 Å². The number of benzene rings is 1. The molecule has 0 unspecified atom stereocenters. The molecule has 1 aromatic carbocycles. The second-order valence-electron chi connectivity index (χ2n) is 5.88. The number of aliphatic imine (C=N–C) groups is 1. The van der Waals surface area contributed by atoms with Crippen molar-refractivity contribution in [3.8, 4) is 0 Å². The van der Waals surface area contributed by atoms with Crippen LogP contribution in [-0.2, 0) is 12.8 Å². The van der Waals surface area contributed by atoms with E-state index in [-0.39, 0.29) is 0 Å². The molecule has 0 radical (unpaired) electrons. The van der Waals surface area contributed by atoms with E-state index in [4.69, 9.17) is 11.6 Å². The monoisotopic (exact) mass is 364 g/mol. The maximum absolute atomic E-state index is 5.90. The summed E-state index contributed by atoms with van der Waals surface area (Å²) in [4.78, 5) is 8.90. The van der Waals surface area contributed by atoms with Crippen molar-refractivity contribution in [2.75, 3.05) is 20.1 Å². The second kappa shape index (κ2) is 9.64. The second-order valence-corrected chi connectivity index (χ2v) is 7.21. The Bertz CT molecular complexity index is 649. The fourth-order valence-electron chi connectivity index (χ4n) is 2.21. The minimum atomic E-state index is 0.499. The van der Waals surface area contributed by atoms with E-state index in [1.54, 1.807) is 18.4 Å². The molecular weight excluding hydrogens is 340 g/mol. The quantitative estimate of drug-likeness (QED) is 0.579. The predicted molar refractivity (Wildman–Crippen MR) is 104 cm³/mol. The van der Waals surface area contributed by atoms with Gasteiger partial charge in [-0.25, -0.2) is 4.98 Å². The number of nitrogens with one attached hydrogen (secondary N) is 2. The summed E-state index contributed by atoms with van der Waals surface area (Å²) in [5.41, 5.74) is 2.40. The average molecular weight is 365 g/mol. The lowest BCUT2D eigenvalue weighted by atomic mass is 10.1. The summed E-state index contributed by atoms with van der Waals surface area (Å²) in [6.45, 7) is 6.00. The lowest BCUT2D eigenvalue weighted by molar-refractivity contribution is 0.771. The molecule has 2 N–H and O–H groups in total. The number of hydrogen-bond donors (Lipinski definition) is 2. The number of rotatable bonds is 7. The van der Waals surface area contributed by atoms with Gasteiger partial charge in [-0.1, -0.05) is 37.6 Å². The molecule has 0 atom stereocenters. The Kier molecular flexibility index (Phi) is 7.53. The van der Waals surface area contributed by atoms with Crippen molar-refractivity contribution in [2.45, 2.75) is 32.6 Å². The highest BCUT2D eigenvalue weighted by atomic mass is 35.5. The Labute approximate surface area is 153 Å². The molecule has 2 rings (SSSR count). The van der Waals surface area contributed by atoms with Gasteiger partial charge in [-0.3, -0.25) is 4.99 Å². The summed E-state index contributed by atoms with van der Waals surface area (Å²) in [5, 5.41) is 10.8. The first kappa shape index (κ1) is 18.7. The van der Waals surface area contributed by atoms with Gasteiger partial charge >= 0.3 is 0 Å². The van der Waals surface area contributed by atoms with Gasteiger partial charge in [-0.05, 0) is 24.1 Å². The van der Waals surface area contributed by atoms with Gasteiger partial charge in [0.15, 0.2) is 5.96 Å². The molecule has 1 heterocycles. The van der Waals surface area contributed by atoms with Crippen LogP contribution >= 0.6 is 22.9 Å². The molecule has 0 aliphatic heterocycles. The molecule has 0 spiro atoms. The smallest absolute Gasteiger partial charge is 0.190 e. The van der Waals surface area contributed by atoms with Crippen LogP contribution in [0.4, 0.5) is 0 Å².